The molecule has 1 heterocycles. The van der Waals surface area contributed by atoms with E-state index in [2.05, 4.69) is 24.5 Å². The minimum Gasteiger partial charge on any atom is -0.494 e. The Kier molecular flexibility index (Phi) is 9.80. The maximum atomic E-state index is 12.3. The second-order valence-corrected chi connectivity index (χ2v) is 6.57. The second-order valence-electron chi connectivity index (χ2n) is 6.57. The van der Waals surface area contributed by atoms with Crippen LogP contribution in [0, 0.1) is 11.8 Å². The normalized spacial score (nSPS) is 18.3. The molecule has 1 amide bonds. The summed E-state index contributed by atoms with van der Waals surface area (Å²) in [4.78, 5) is 12.3. The third-order valence-electron chi connectivity index (χ3n) is 4.53. The van der Waals surface area contributed by atoms with Crippen molar-refractivity contribution in [3.8, 4) is 5.75 Å². The van der Waals surface area contributed by atoms with Crippen LogP contribution in [0.15, 0.2) is 24.3 Å². The lowest BCUT2D eigenvalue weighted by molar-refractivity contribution is -0.117. The van der Waals surface area contributed by atoms with Crippen molar-refractivity contribution >= 4 is 24.0 Å². The molecule has 136 valence electrons. The summed E-state index contributed by atoms with van der Waals surface area (Å²) in [5.41, 5.74) is 0.818. The van der Waals surface area contributed by atoms with Gasteiger partial charge in [0.15, 0.2) is 0 Å². The van der Waals surface area contributed by atoms with Crippen molar-refractivity contribution < 1.29 is 9.53 Å². The Morgan fingerprint density at radius 1 is 1.46 bits per heavy atom. The Morgan fingerprint density at radius 3 is 3.00 bits per heavy atom. The summed E-state index contributed by atoms with van der Waals surface area (Å²) in [6.45, 7) is 7.19. The largest absolute Gasteiger partial charge is 0.494 e. The first-order valence-electron chi connectivity index (χ1n) is 8.92. The molecular formula is C19H31ClN2O2. The van der Waals surface area contributed by atoms with E-state index in [1.165, 1.54) is 12.8 Å². The number of hydrogen-bond donors (Lipinski definition) is 2. The Labute approximate surface area is 152 Å². The minimum absolute atomic E-state index is 0. The van der Waals surface area contributed by atoms with Crippen LogP contribution in [0.2, 0.25) is 0 Å². The number of rotatable bonds is 8. The van der Waals surface area contributed by atoms with E-state index >= 15 is 0 Å². The number of amides is 1. The molecule has 1 fully saturated rings. The van der Waals surface area contributed by atoms with Gasteiger partial charge < -0.3 is 15.4 Å². The zero-order valence-corrected chi connectivity index (χ0v) is 15.7. The molecule has 0 aliphatic carbocycles. The average Bonchev–Trinajstić information content (AvgIpc) is 2.56. The first-order chi connectivity index (χ1) is 11.2. The van der Waals surface area contributed by atoms with Crippen LogP contribution in [0.3, 0.4) is 0 Å². The van der Waals surface area contributed by atoms with E-state index in [-0.39, 0.29) is 18.3 Å². The summed E-state index contributed by atoms with van der Waals surface area (Å²) >= 11 is 0. The van der Waals surface area contributed by atoms with Crippen LogP contribution >= 0.6 is 12.4 Å². The smallest absolute Gasteiger partial charge is 0.224 e. The molecule has 2 rings (SSSR count). The van der Waals surface area contributed by atoms with Gasteiger partial charge in [-0.3, -0.25) is 4.79 Å². The zero-order chi connectivity index (χ0) is 16.5. The predicted octanol–water partition coefficient (Wildman–Crippen LogP) is 4.25. The molecule has 0 spiro atoms. The molecule has 5 heteroatoms. The van der Waals surface area contributed by atoms with Crippen molar-refractivity contribution in [3.05, 3.63) is 24.3 Å². The molecule has 0 aromatic heterocycles. The van der Waals surface area contributed by atoms with E-state index < -0.39 is 0 Å². The molecule has 1 aliphatic heterocycles. The van der Waals surface area contributed by atoms with Crippen molar-refractivity contribution in [2.24, 2.45) is 11.8 Å². The Morgan fingerprint density at radius 2 is 2.29 bits per heavy atom. The number of anilines is 1. The lowest BCUT2D eigenvalue weighted by atomic mass is 9.85. The van der Waals surface area contributed by atoms with E-state index in [0.717, 1.165) is 44.0 Å². The highest BCUT2D eigenvalue weighted by Crippen LogP contribution is 2.23. The number of unbranched alkanes of at least 4 members (excludes halogenated alkanes) is 1. The summed E-state index contributed by atoms with van der Waals surface area (Å²) in [6, 6.07) is 7.67. The number of nitrogens with one attached hydrogen (secondary N) is 2. The Hall–Kier alpha value is -1.26. The summed E-state index contributed by atoms with van der Waals surface area (Å²) in [5.74, 6) is 1.93. The van der Waals surface area contributed by atoms with Gasteiger partial charge in [0.25, 0.3) is 0 Å². The number of carbonyl (C=O) groups excluding carboxylic acids is 1. The third-order valence-corrected chi connectivity index (χ3v) is 4.53. The fourth-order valence-corrected chi connectivity index (χ4v) is 3.03. The van der Waals surface area contributed by atoms with Crippen LogP contribution in [0.1, 0.15) is 46.0 Å². The van der Waals surface area contributed by atoms with Gasteiger partial charge in [0, 0.05) is 18.2 Å². The number of hydrogen-bond acceptors (Lipinski definition) is 3. The number of benzene rings is 1. The van der Waals surface area contributed by atoms with Crippen LogP contribution in [0.25, 0.3) is 0 Å². The Bertz CT molecular complexity index is 490. The highest BCUT2D eigenvalue weighted by atomic mass is 35.5. The molecule has 1 aromatic carbocycles. The highest BCUT2D eigenvalue weighted by Gasteiger charge is 2.22. The van der Waals surface area contributed by atoms with E-state index in [4.69, 9.17) is 4.74 Å². The first kappa shape index (κ1) is 20.8. The molecule has 2 N–H and O–H groups in total. The Balaban J connectivity index is 0.00000288. The lowest BCUT2D eigenvalue weighted by Gasteiger charge is -2.28. The number of piperidine rings is 1. The van der Waals surface area contributed by atoms with Crippen molar-refractivity contribution in [2.45, 2.75) is 46.0 Å². The monoisotopic (exact) mass is 354 g/mol. The first-order valence-corrected chi connectivity index (χ1v) is 8.92. The van der Waals surface area contributed by atoms with Gasteiger partial charge in [0.1, 0.15) is 5.75 Å². The quantitative estimate of drug-likeness (QED) is 0.686. The lowest BCUT2D eigenvalue weighted by Crippen LogP contribution is -2.34. The average molecular weight is 355 g/mol. The van der Waals surface area contributed by atoms with Gasteiger partial charge in [-0.2, -0.15) is 0 Å². The number of ether oxygens (including phenoxy) is 1. The molecule has 1 aromatic rings. The van der Waals surface area contributed by atoms with E-state index in [1.54, 1.807) is 0 Å². The minimum atomic E-state index is 0. The molecule has 0 saturated carbocycles. The van der Waals surface area contributed by atoms with Crippen molar-refractivity contribution in [1.82, 2.24) is 5.32 Å². The van der Waals surface area contributed by atoms with Gasteiger partial charge in [-0.05, 0) is 56.3 Å². The van der Waals surface area contributed by atoms with Gasteiger partial charge in [0.05, 0.1) is 6.61 Å². The summed E-state index contributed by atoms with van der Waals surface area (Å²) in [7, 11) is 0. The van der Waals surface area contributed by atoms with Crippen LogP contribution in [-0.2, 0) is 4.79 Å². The predicted molar refractivity (Wildman–Crippen MR) is 102 cm³/mol. The van der Waals surface area contributed by atoms with Crippen LogP contribution in [-0.4, -0.2) is 25.6 Å². The van der Waals surface area contributed by atoms with Crippen molar-refractivity contribution in [3.63, 3.8) is 0 Å². The van der Waals surface area contributed by atoms with Gasteiger partial charge in [0.2, 0.25) is 5.91 Å². The van der Waals surface area contributed by atoms with Crippen molar-refractivity contribution in [1.29, 1.82) is 0 Å². The van der Waals surface area contributed by atoms with Crippen LogP contribution < -0.4 is 15.4 Å². The van der Waals surface area contributed by atoms with E-state index in [9.17, 15) is 4.79 Å². The topological polar surface area (TPSA) is 50.4 Å². The molecule has 2 unspecified atom stereocenters. The molecule has 4 nitrogen and oxygen atoms in total. The molecule has 2 atom stereocenters. The molecule has 0 bridgehead atoms. The zero-order valence-electron chi connectivity index (χ0n) is 14.8. The fourth-order valence-electron chi connectivity index (χ4n) is 3.03. The van der Waals surface area contributed by atoms with Gasteiger partial charge >= 0.3 is 0 Å². The number of carbonyl (C=O) groups is 1. The SMILES string of the molecule is CCCCOc1cccc(NC(=O)CC(C)C2CCCNC2)c1.Cl. The van der Waals surface area contributed by atoms with Gasteiger partial charge in [-0.25, -0.2) is 0 Å². The van der Waals surface area contributed by atoms with Crippen LogP contribution in [0.5, 0.6) is 5.75 Å². The maximum absolute atomic E-state index is 12.3. The summed E-state index contributed by atoms with van der Waals surface area (Å²) in [5, 5.41) is 6.43. The number of halogens is 1. The van der Waals surface area contributed by atoms with Gasteiger partial charge in [-0.1, -0.05) is 26.3 Å². The highest BCUT2D eigenvalue weighted by molar-refractivity contribution is 5.91. The standard InChI is InChI=1S/C19H30N2O2.ClH/c1-3-4-11-23-18-9-5-8-17(13-18)21-19(22)12-15(2)16-7-6-10-20-14-16;/h5,8-9,13,15-16,20H,3-4,6-7,10-12,14H2,1-2H3,(H,21,22);1H. The third kappa shape index (κ3) is 7.10. The van der Waals surface area contributed by atoms with Crippen LogP contribution in [0.4, 0.5) is 5.69 Å². The summed E-state index contributed by atoms with van der Waals surface area (Å²) in [6.07, 6.45) is 5.18. The fraction of sp³-hybridized carbons (Fsp3) is 0.632. The molecule has 1 aliphatic rings. The second kappa shape index (κ2) is 11.3. The van der Waals surface area contributed by atoms with Gasteiger partial charge in [-0.15, -0.1) is 12.4 Å². The van der Waals surface area contributed by atoms with E-state index in [0.29, 0.717) is 18.3 Å². The van der Waals surface area contributed by atoms with Crippen molar-refractivity contribution in [2.75, 3.05) is 25.0 Å². The molecular weight excluding hydrogens is 324 g/mol. The van der Waals surface area contributed by atoms with E-state index in [1.807, 2.05) is 24.3 Å². The molecule has 0 radical (unpaired) electrons. The summed E-state index contributed by atoms with van der Waals surface area (Å²) < 4.78 is 5.69. The molecule has 1 saturated heterocycles. The molecule has 24 heavy (non-hydrogen) atoms. The maximum Gasteiger partial charge on any atom is 0.224 e.